The van der Waals surface area contributed by atoms with Gasteiger partial charge in [-0.1, -0.05) is 97.4 Å². The average molecular weight is 605 g/mol. The van der Waals surface area contributed by atoms with Gasteiger partial charge < -0.3 is 25.5 Å². The standard InChI is InChI=1S/C36H36N4O5/c1-23(2)20-32(41)37-31-18-16-30(17-19-31)36(44)40(22-33(42)43)21-25-6-10-28(11-7-25)34-38-35(45-39-34)29-14-12-27(13-15-29)26-8-4-24(3)5-9-26/h4-19,23,35H,20-22H2,1-3H3,(H,37,41)(H,38,39)(H,42,43). The van der Waals surface area contributed by atoms with E-state index in [-0.39, 0.29) is 18.4 Å². The lowest BCUT2D eigenvalue weighted by molar-refractivity contribution is -0.137. The van der Waals surface area contributed by atoms with Crippen molar-refractivity contribution in [2.45, 2.75) is 40.0 Å². The van der Waals surface area contributed by atoms with Gasteiger partial charge in [0.2, 0.25) is 12.1 Å². The molecule has 0 radical (unpaired) electrons. The van der Waals surface area contributed by atoms with Crippen molar-refractivity contribution in [2.75, 3.05) is 11.9 Å². The van der Waals surface area contributed by atoms with Crippen LogP contribution in [0.1, 0.15) is 59.1 Å². The van der Waals surface area contributed by atoms with E-state index in [2.05, 4.69) is 59.1 Å². The van der Waals surface area contributed by atoms with E-state index in [4.69, 9.17) is 4.84 Å². The van der Waals surface area contributed by atoms with Gasteiger partial charge in [-0.05, 0) is 53.8 Å². The number of anilines is 1. The normalized spacial score (nSPS) is 13.9. The number of nitrogens with zero attached hydrogens (tertiary/aromatic N) is 2. The number of nitrogens with one attached hydrogen (secondary N) is 2. The highest BCUT2D eigenvalue weighted by molar-refractivity contribution is 5.99. The minimum absolute atomic E-state index is 0.102. The van der Waals surface area contributed by atoms with Crippen LogP contribution in [0.3, 0.4) is 0 Å². The van der Waals surface area contributed by atoms with Gasteiger partial charge in [-0.3, -0.25) is 14.4 Å². The first-order valence-electron chi connectivity index (χ1n) is 14.8. The fourth-order valence-corrected chi connectivity index (χ4v) is 4.97. The Morgan fingerprint density at radius 3 is 2.07 bits per heavy atom. The molecule has 0 aromatic heterocycles. The highest BCUT2D eigenvalue weighted by Gasteiger charge is 2.23. The van der Waals surface area contributed by atoms with E-state index in [0.29, 0.717) is 23.5 Å². The Hall–Kier alpha value is -5.44. The molecule has 1 atom stereocenters. The van der Waals surface area contributed by atoms with Crippen LogP contribution in [0.5, 0.6) is 0 Å². The number of amides is 2. The molecule has 0 fully saturated rings. The topological polar surface area (TPSA) is 120 Å². The van der Waals surface area contributed by atoms with E-state index < -0.39 is 24.6 Å². The van der Waals surface area contributed by atoms with Crippen LogP contribution in [0.2, 0.25) is 0 Å². The Balaban J connectivity index is 1.20. The summed E-state index contributed by atoms with van der Waals surface area (Å²) in [4.78, 5) is 43.9. The third kappa shape index (κ3) is 8.14. The van der Waals surface area contributed by atoms with Crippen LogP contribution in [-0.4, -0.2) is 40.2 Å². The predicted molar refractivity (Wildman–Crippen MR) is 173 cm³/mol. The van der Waals surface area contributed by atoms with Crippen molar-refractivity contribution >= 4 is 29.3 Å². The first-order chi connectivity index (χ1) is 21.6. The van der Waals surface area contributed by atoms with Crippen molar-refractivity contribution in [1.29, 1.82) is 0 Å². The number of carbonyl (C=O) groups is 3. The number of hydrogen-bond donors (Lipinski definition) is 3. The zero-order valence-corrected chi connectivity index (χ0v) is 25.5. The van der Waals surface area contributed by atoms with Crippen LogP contribution in [0.25, 0.3) is 11.1 Å². The van der Waals surface area contributed by atoms with E-state index in [1.807, 2.05) is 50.2 Å². The Morgan fingerprint density at radius 2 is 1.47 bits per heavy atom. The second-order valence-corrected chi connectivity index (χ2v) is 11.5. The van der Waals surface area contributed by atoms with Gasteiger partial charge in [0.1, 0.15) is 6.54 Å². The summed E-state index contributed by atoms with van der Waals surface area (Å²) < 4.78 is 0. The maximum atomic E-state index is 13.3. The summed E-state index contributed by atoms with van der Waals surface area (Å²) in [5, 5.41) is 19.8. The molecule has 4 aromatic rings. The first kappa shape index (κ1) is 31.0. The second kappa shape index (κ2) is 13.9. The molecule has 5 rings (SSSR count). The molecule has 1 aliphatic heterocycles. The van der Waals surface area contributed by atoms with Crippen LogP contribution in [-0.2, 0) is 21.0 Å². The molecule has 230 valence electrons. The molecule has 0 spiro atoms. The number of hydrogen-bond acceptors (Lipinski definition) is 6. The van der Waals surface area contributed by atoms with Gasteiger partial charge in [-0.25, -0.2) is 0 Å². The molecule has 3 N–H and O–H groups in total. The third-order valence-corrected chi connectivity index (χ3v) is 7.34. The lowest BCUT2D eigenvalue weighted by atomic mass is 10.0. The Kier molecular flexibility index (Phi) is 9.57. The molecule has 1 aliphatic rings. The number of carbonyl (C=O) groups excluding carboxylic acids is 2. The average Bonchev–Trinajstić information content (AvgIpc) is 3.51. The van der Waals surface area contributed by atoms with Crippen molar-refractivity contribution in [3.8, 4) is 11.1 Å². The molecule has 1 heterocycles. The van der Waals surface area contributed by atoms with Crippen molar-refractivity contribution < 1.29 is 24.3 Å². The first-order valence-corrected chi connectivity index (χ1v) is 14.8. The quantitative estimate of drug-likeness (QED) is 0.183. The van der Waals surface area contributed by atoms with Crippen LogP contribution in [0.4, 0.5) is 5.69 Å². The molecular weight excluding hydrogens is 568 g/mol. The summed E-state index contributed by atoms with van der Waals surface area (Å²) in [7, 11) is 0. The summed E-state index contributed by atoms with van der Waals surface area (Å²) in [6, 6.07) is 30.4. The van der Waals surface area contributed by atoms with Crippen LogP contribution < -0.4 is 10.6 Å². The fraction of sp³-hybridized carbons (Fsp3) is 0.222. The van der Waals surface area contributed by atoms with Gasteiger partial charge in [-0.2, -0.15) is 0 Å². The number of carboxylic acid groups (broad SMARTS) is 1. The number of rotatable bonds is 11. The highest BCUT2D eigenvalue weighted by atomic mass is 16.7. The zero-order chi connectivity index (χ0) is 31.9. The Bertz CT molecular complexity index is 1680. The number of aliphatic carboxylic acids is 1. The molecule has 0 aliphatic carbocycles. The summed E-state index contributed by atoms with van der Waals surface area (Å²) in [6.45, 7) is 5.63. The van der Waals surface area contributed by atoms with Crippen molar-refractivity contribution in [3.05, 3.63) is 125 Å². The molecule has 4 aromatic carbocycles. The number of oxime groups is 1. The van der Waals surface area contributed by atoms with Crippen molar-refractivity contribution in [1.82, 2.24) is 10.2 Å². The SMILES string of the molecule is Cc1ccc(-c2ccc(C3NC(c4ccc(CN(CC(=O)O)C(=O)c5ccc(NC(=O)CC(C)C)cc5)cc4)=NO3)cc2)cc1. The monoisotopic (exact) mass is 604 g/mol. The van der Waals surface area contributed by atoms with Crippen LogP contribution >= 0.6 is 0 Å². The molecule has 2 amide bonds. The molecule has 9 heteroatoms. The Morgan fingerprint density at radius 1 is 0.867 bits per heavy atom. The van der Waals surface area contributed by atoms with Gasteiger partial charge in [0, 0.05) is 35.3 Å². The summed E-state index contributed by atoms with van der Waals surface area (Å²) in [5.74, 6) is -0.836. The van der Waals surface area contributed by atoms with E-state index in [0.717, 1.165) is 27.8 Å². The summed E-state index contributed by atoms with van der Waals surface area (Å²) in [6.07, 6.45) is -0.0311. The van der Waals surface area contributed by atoms with Crippen molar-refractivity contribution in [2.24, 2.45) is 11.1 Å². The lowest BCUT2D eigenvalue weighted by Crippen LogP contribution is -2.35. The molecule has 9 nitrogen and oxygen atoms in total. The number of aryl methyl sites for hydroxylation is 1. The van der Waals surface area contributed by atoms with E-state index in [9.17, 15) is 19.5 Å². The lowest BCUT2D eigenvalue weighted by Gasteiger charge is -2.21. The summed E-state index contributed by atoms with van der Waals surface area (Å²) >= 11 is 0. The van der Waals surface area contributed by atoms with E-state index in [1.165, 1.54) is 10.5 Å². The maximum absolute atomic E-state index is 13.3. The molecule has 45 heavy (non-hydrogen) atoms. The largest absolute Gasteiger partial charge is 0.480 e. The third-order valence-electron chi connectivity index (χ3n) is 7.34. The number of amidine groups is 1. The fourth-order valence-electron chi connectivity index (χ4n) is 4.97. The van der Waals surface area contributed by atoms with Gasteiger partial charge in [-0.15, -0.1) is 0 Å². The van der Waals surface area contributed by atoms with Gasteiger partial charge in [0.05, 0.1) is 0 Å². The minimum atomic E-state index is -1.11. The molecular formula is C36H36N4O5. The minimum Gasteiger partial charge on any atom is -0.480 e. The van der Waals surface area contributed by atoms with Crippen LogP contribution in [0.15, 0.2) is 102 Å². The number of benzene rings is 4. The van der Waals surface area contributed by atoms with E-state index >= 15 is 0 Å². The molecule has 0 saturated heterocycles. The molecule has 0 bridgehead atoms. The molecule has 0 saturated carbocycles. The smallest absolute Gasteiger partial charge is 0.323 e. The van der Waals surface area contributed by atoms with E-state index in [1.54, 1.807) is 24.3 Å². The Labute approximate surface area is 262 Å². The van der Waals surface area contributed by atoms with Gasteiger partial charge in [0.15, 0.2) is 5.84 Å². The van der Waals surface area contributed by atoms with Crippen molar-refractivity contribution in [3.63, 3.8) is 0 Å². The predicted octanol–water partition coefficient (Wildman–Crippen LogP) is 6.35. The zero-order valence-electron chi connectivity index (χ0n) is 25.5. The number of carboxylic acids is 1. The highest BCUT2D eigenvalue weighted by Crippen LogP contribution is 2.26. The maximum Gasteiger partial charge on any atom is 0.323 e. The molecule has 1 unspecified atom stereocenters. The summed E-state index contributed by atoms with van der Waals surface area (Å²) in [5.41, 5.74) is 6.88. The second-order valence-electron chi connectivity index (χ2n) is 11.5. The van der Waals surface area contributed by atoms with Gasteiger partial charge in [0.25, 0.3) is 5.91 Å². The van der Waals surface area contributed by atoms with Crippen LogP contribution in [0, 0.1) is 12.8 Å². The van der Waals surface area contributed by atoms with Gasteiger partial charge >= 0.3 is 5.97 Å².